The van der Waals surface area contributed by atoms with Crippen molar-refractivity contribution in [3.05, 3.63) is 29.6 Å². The Hall–Kier alpha value is -0.930. The van der Waals surface area contributed by atoms with Crippen LogP contribution in [0.15, 0.2) is 18.3 Å². The molecule has 11 heavy (non-hydrogen) atoms. The zero-order valence-electron chi connectivity index (χ0n) is 6.61. The average Bonchev–Trinajstić information content (AvgIpc) is 2.05. The molecule has 0 spiro atoms. The Morgan fingerprint density at radius 3 is 2.73 bits per heavy atom. The maximum absolute atomic E-state index is 8.33. The van der Waals surface area contributed by atoms with Gasteiger partial charge in [0.05, 0.1) is 0 Å². The van der Waals surface area contributed by atoms with E-state index in [2.05, 4.69) is 9.87 Å². The van der Waals surface area contributed by atoms with Crippen molar-refractivity contribution in [3.8, 4) is 0 Å². The molecule has 1 atom stereocenters. The van der Waals surface area contributed by atoms with Gasteiger partial charge in [-0.1, -0.05) is 6.07 Å². The Labute approximate surface area is 65.6 Å². The predicted molar refractivity (Wildman–Crippen MR) is 41.1 cm³/mol. The van der Waals surface area contributed by atoms with Gasteiger partial charge in [-0.25, -0.2) is 4.89 Å². The molecule has 0 aliphatic heterocycles. The van der Waals surface area contributed by atoms with Gasteiger partial charge in [0, 0.05) is 17.5 Å². The molecule has 1 N–H and O–H groups in total. The van der Waals surface area contributed by atoms with Crippen LogP contribution in [0, 0.1) is 6.92 Å². The van der Waals surface area contributed by atoms with Crippen molar-refractivity contribution in [2.45, 2.75) is 20.0 Å². The van der Waals surface area contributed by atoms with Gasteiger partial charge >= 0.3 is 0 Å². The lowest BCUT2D eigenvalue weighted by atomic mass is 10.2. The van der Waals surface area contributed by atoms with E-state index in [1.54, 1.807) is 13.1 Å². The fraction of sp³-hybridized carbons (Fsp3) is 0.375. The highest BCUT2D eigenvalue weighted by Gasteiger charge is 2.03. The largest absolute Gasteiger partial charge is 0.261 e. The molecule has 0 radical (unpaired) electrons. The second kappa shape index (κ2) is 3.46. The van der Waals surface area contributed by atoms with Gasteiger partial charge in [0.2, 0.25) is 0 Å². The molecule has 0 amide bonds. The van der Waals surface area contributed by atoms with E-state index in [0.717, 1.165) is 11.3 Å². The highest BCUT2D eigenvalue weighted by Crippen LogP contribution is 2.13. The molecule has 0 aliphatic carbocycles. The zero-order chi connectivity index (χ0) is 8.27. The smallest absolute Gasteiger partial charge is 0.116 e. The number of hydrogen-bond acceptors (Lipinski definition) is 3. The first-order valence-electron chi connectivity index (χ1n) is 3.47. The Balaban J connectivity index is 2.81. The van der Waals surface area contributed by atoms with Gasteiger partial charge in [-0.3, -0.25) is 10.2 Å². The molecule has 0 aliphatic rings. The lowest BCUT2D eigenvalue weighted by molar-refractivity contribution is -0.277. The van der Waals surface area contributed by atoms with E-state index < -0.39 is 0 Å². The van der Waals surface area contributed by atoms with Crippen molar-refractivity contribution < 1.29 is 10.1 Å². The van der Waals surface area contributed by atoms with Crippen LogP contribution < -0.4 is 0 Å². The van der Waals surface area contributed by atoms with Crippen molar-refractivity contribution in [2.75, 3.05) is 0 Å². The number of aryl methyl sites for hydroxylation is 1. The average molecular weight is 153 g/mol. The van der Waals surface area contributed by atoms with Crippen LogP contribution in [0.2, 0.25) is 0 Å². The summed E-state index contributed by atoms with van der Waals surface area (Å²) < 4.78 is 0. The van der Waals surface area contributed by atoms with Crippen molar-refractivity contribution in [2.24, 2.45) is 0 Å². The Bertz CT molecular complexity index is 220. The van der Waals surface area contributed by atoms with Crippen LogP contribution in [0.3, 0.4) is 0 Å². The summed E-state index contributed by atoms with van der Waals surface area (Å²) in [5, 5.41) is 8.33. The van der Waals surface area contributed by atoms with E-state index >= 15 is 0 Å². The molecular weight excluding hydrogens is 142 g/mol. The lowest BCUT2D eigenvalue weighted by Gasteiger charge is -2.06. The molecule has 1 heterocycles. The number of rotatable bonds is 2. The summed E-state index contributed by atoms with van der Waals surface area (Å²) >= 11 is 0. The van der Waals surface area contributed by atoms with Crippen LogP contribution in [0.25, 0.3) is 0 Å². The molecule has 1 aromatic rings. The maximum Gasteiger partial charge on any atom is 0.116 e. The Morgan fingerprint density at radius 2 is 2.27 bits per heavy atom. The molecule has 1 unspecified atom stereocenters. The van der Waals surface area contributed by atoms with Crippen molar-refractivity contribution in [1.29, 1.82) is 0 Å². The van der Waals surface area contributed by atoms with E-state index in [9.17, 15) is 0 Å². The van der Waals surface area contributed by atoms with Gasteiger partial charge < -0.3 is 0 Å². The fourth-order valence-electron chi connectivity index (χ4n) is 0.781. The minimum atomic E-state index is -0.303. The van der Waals surface area contributed by atoms with Gasteiger partial charge in [0.25, 0.3) is 0 Å². The number of nitrogens with zero attached hydrogens (tertiary/aromatic N) is 1. The van der Waals surface area contributed by atoms with Gasteiger partial charge in [-0.05, 0) is 19.9 Å². The molecule has 0 fully saturated rings. The zero-order valence-corrected chi connectivity index (χ0v) is 6.61. The molecule has 1 aromatic heterocycles. The second-order valence-corrected chi connectivity index (χ2v) is 2.48. The monoisotopic (exact) mass is 153 g/mol. The van der Waals surface area contributed by atoms with Crippen LogP contribution in [0.5, 0.6) is 0 Å². The molecule has 60 valence electrons. The van der Waals surface area contributed by atoms with Crippen LogP contribution in [0.1, 0.15) is 24.3 Å². The van der Waals surface area contributed by atoms with Gasteiger partial charge in [0.1, 0.15) is 6.10 Å². The van der Waals surface area contributed by atoms with Crippen LogP contribution in [-0.2, 0) is 4.89 Å². The lowest BCUT2D eigenvalue weighted by Crippen LogP contribution is -1.96. The summed E-state index contributed by atoms with van der Waals surface area (Å²) in [6.45, 7) is 3.67. The van der Waals surface area contributed by atoms with Crippen LogP contribution in [-0.4, -0.2) is 10.2 Å². The summed E-state index contributed by atoms with van der Waals surface area (Å²) in [6.07, 6.45) is 1.39. The van der Waals surface area contributed by atoms with E-state index in [1.807, 2.05) is 19.1 Å². The predicted octanol–water partition coefficient (Wildman–Crippen LogP) is 1.94. The van der Waals surface area contributed by atoms with Gasteiger partial charge in [-0.2, -0.15) is 0 Å². The van der Waals surface area contributed by atoms with Crippen LogP contribution >= 0.6 is 0 Å². The highest BCUT2D eigenvalue weighted by molar-refractivity contribution is 5.14. The topological polar surface area (TPSA) is 42.4 Å². The minimum absolute atomic E-state index is 0.303. The number of hydrogen-bond donors (Lipinski definition) is 1. The first-order valence-corrected chi connectivity index (χ1v) is 3.47. The summed E-state index contributed by atoms with van der Waals surface area (Å²) in [5.74, 6) is 0. The molecule has 0 aromatic carbocycles. The molecule has 0 bridgehead atoms. The Morgan fingerprint density at radius 1 is 1.55 bits per heavy atom. The molecule has 3 heteroatoms. The molecule has 0 saturated heterocycles. The summed E-state index contributed by atoms with van der Waals surface area (Å²) in [5.41, 5.74) is 1.83. The van der Waals surface area contributed by atoms with E-state index in [-0.39, 0.29) is 6.10 Å². The minimum Gasteiger partial charge on any atom is -0.261 e. The molecular formula is C8H11NO2. The Kier molecular flexibility index (Phi) is 2.57. The number of aromatic nitrogens is 1. The van der Waals surface area contributed by atoms with Crippen LogP contribution in [0.4, 0.5) is 0 Å². The van der Waals surface area contributed by atoms with Crippen molar-refractivity contribution in [1.82, 2.24) is 4.98 Å². The van der Waals surface area contributed by atoms with E-state index in [0.29, 0.717) is 0 Å². The van der Waals surface area contributed by atoms with Crippen molar-refractivity contribution >= 4 is 0 Å². The summed E-state index contributed by atoms with van der Waals surface area (Å²) in [6, 6.07) is 3.76. The van der Waals surface area contributed by atoms with E-state index in [4.69, 9.17) is 5.26 Å². The first-order chi connectivity index (χ1) is 5.24. The van der Waals surface area contributed by atoms with Gasteiger partial charge in [-0.15, -0.1) is 0 Å². The van der Waals surface area contributed by atoms with Gasteiger partial charge in [0.15, 0.2) is 0 Å². The summed E-state index contributed by atoms with van der Waals surface area (Å²) in [7, 11) is 0. The normalized spacial score (nSPS) is 13.0. The van der Waals surface area contributed by atoms with Crippen molar-refractivity contribution in [3.63, 3.8) is 0 Å². The highest BCUT2D eigenvalue weighted by atomic mass is 17.1. The second-order valence-electron chi connectivity index (χ2n) is 2.48. The quantitative estimate of drug-likeness (QED) is 0.521. The first kappa shape index (κ1) is 8.17. The third-order valence-electron chi connectivity index (χ3n) is 1.56. The maximum atomic E-state index is 8.33. The third-order valence-corrected chi connectivity index (χ3v) is 1.56. The standard InChI is InChI=1S/C8H11NO2/c1-6-3-4-8(5-9-6)7(2)11-10/h3-5,7,10H,1-2H3. The number of pyridine rings is 1. The molecule has 1 rings (SSSR count). The third kappa shape index (κ3) is 2.00. The van der Waals surface area contributed by atoms with E-state index in [1.165, 1.54) is 0 Å². The molecule has 3 nitrogen and oxygen atoms in total. The fourth-order valence-corrected chi connectivity index (χ4v) is 0.781. The SMILES string of the molecule is Cc1ccc(C(C)OO)cn1. The molecule has 0 saturated carbocycles. The summed E-state index contributed by atoms with van der Waals surface area (Å²) in [4.78, 5) is 8.19.